The average molecular weight is 259 g/mol. The van der Waals surface area contributed by atoms with Crippen LogP contribution in [-0.4, -0.2) is 14.2 Å². The van der Waals surface area contributed by atoms with Crippen LogP contribution in [0.15, 0.2) is 18.2 Å². The summed E-state index contributed by atoms with van der Waals surface area (Å²) < 4.78 is 22.1. The Morgan fingerprint density at radius 1 is 1.38 bits per heavy atom. The zero-order valence-corrected chi connectivity index (χ0v) is 10.8. The highest BCUT2D eigenvalue weighted by Gasteiger charge is 2.22. The molecule has 2 rings (SSSR count). The molecule has 0 heterocycles. The van der Waals surface area contributed by atoms with Crippen molar-refractivity contribution < 1.29 is 8.42 Å². The van der Waals surface area contributed by atoms with E-state index in [4.69, 9.17) is 10.7 Å². The molecular weight excluding hydrogens is 244 g/mol. The van der Waals surface area contributed by atoms with Crippen molar-refractivity contribution in [2.24, 2.45) is 5.92 Å². The molecule has 1 atom stereocenters. The third kappa shape index (κ3) is 2.98. The Morgan fingerprint density at radius 2 is 2.12 bits per heavy atom. The van der Waals surface area contributed by atoms with Crippen LogP contribution in [0, 0.1) is 12.8 Å². The molecule has 1 aliphatic rings. The molecule has 2 nitrogen and oxygen atoms in total. The van der Waals surface area contributed by atoms with Crippen LogP contribution in [0.1, 0.15) is 23.1 Å². The van der Waals surface area contributed by atoms with E-state index in [1.807, 2.05) is 0 Å². The highest BCUT2D eigenvalue weighted by molar-refractivity contribution is 8.13. The summed E-state index contributed by atoms with van der Waals surface area (Å²) in [4.78, 5) is 0. The smallest absolute Gasteiger partial charge is 0.212 e. The van der Waals surface area contributed by atoms with Crippen LogP contribution >= 0.6 is 10.7 Å². The molecule has 0 aliphatic heterocycles. The monoisotopic (exact) mass is 258 g/mol. The third-order valence-electron chi connectivity index (χ3n) is 3.13. The Kier molecular flexibility index (Phi) is 3.27. The number of rotatable bonds is 2. The van der Waals surface area contributed by atoms with Gasteiger partial charge in [-0.2, -0.15) is 0 Å². The predicted molar refractivity (Wildman–Crippen MR) is 66.3 cm³/mol. The molecule has 0 radical (unpaired) electrons. The standard InChI is InChI=1S/C12H15ClO2S/c1-9-2-4-11-5-3-10(7-12(11)6-9)8-16(13,14)15/h2,4,6,10H,3,5,7-8H2,1H3. The summed E-state index contributed by atoms with van der Waals surface area (Å²) in [6.07, 6.45) is 2.72. The lowest BCUT2D eigenvalue weighted by Gasteiger charge is -2.23. The summed E-state index contributed by atoms with van der Waals surface area (Å²) in [6, 6.07) is 6.41. The molecule has 1 unspecified atom stereocenters. The van der Waals surface area contributed by atoms with Crippen molar-refractivity contribution in [1.29, 1.82) is 0 Å². The molecule has 0 spiro atoms. The van der Waals surface area contributed by atoms with Crippen LogP contribution in [0.5, 0.6) is 0 Å². The number of hydrogen-bond donors (Lipinski definition) is 0. The largest absolute Gasteiger partial charge is 0.232 e. The minimum Gasteiger partial charge on any atom is -0.212 e. The molecule has 0 aromatic heterocycles. The zero-order chi connectivity index (χ0) is 11.8. The topological polar surface area (TPSA) is 34.1 Å². The molecular formula is C12H15ClO2S. The van der Waals surface area contributed by atoms with Gasteiger partial charge in [-0.25, -0.2) is 8.42 Å². The minimum absolute atomic E-state index is 0.0991. The first-order valence-electron chi connectivity index (χ1n) is 5.45. The van der Waals surface area contributed by atoms with Crippen LogP contribution in [0.3, 0.4) is 0 Å². The Labute approximate surface area is 101 Å². The van der Waals surface area contributed by atoms with E-state index in [2.05, 4.69) is 25.1 Å². The predicted octanol–water partition coefficient (Wildman–Crippen LogP) is 2.67. The summed E-state index contributed by atoms with van der Waals surface area (Å²) in [5, 5.41) is 0. The van der Waals surface area contributed by atoms with E-state index in [0.717, 1.165) is 19.3 Å². The summed E-state index contributed by atoms with van der Waals surface area (Å²) >= 11 is 0. The highest BCUT2D eigenvalue weighted by atomic mass is 35.7. The van der Waals surface area contributed by atoms with Gasteiger partial charge in [0, 0.05) is 10.7 Å². The van der Waals surface area contributed by atoms with Crippen LogP contribution in [0.4, 0.5) is 0 Å². The van der Waals surface area contributed by atoms with Gasteiger partial charge in [-0.05, 0) is 43.2 Å². The van der Waals surface area contributed by atoms with E-state index in [9.17, 15) is 8.42 Å². The van der Waals surface area contributed by atoms with E-state index < -0.39 is 9.05 Å². The Morgan fingerprint density at radius 3 is 2.81 bits per heavy atom. The van der Waals surface area contributed by atoms with E-state index in [-0.39, 0.29) is 11.7 Å². The van der Waals surface area contributed by atoms with Gasteiger partial charge in [-0.15, -0.1) is 0 Å². The molecule has 1 aromatic rings. The van der Waals surface area contributed by atoms with Crippen LogP contribution in [0.25, 0.3) is 0 Å². The van der Waals surface area contributed by atoms with Gasteiger partial charge in [-0.3, -0.25) is 0 Å². The van der Waals surface area contributed by atoms with Gasteiger partial charge in [0.05, 0.1) is 5.75 Å². The fourth-order valence-electron chi connectivity index (χ4n) is 2.39. The number of aryl methyl sites for hydroxylation is 2. The second kappa shape index (κ2) is 4.38. The second-order valence-electron chi connectivity index (χ2n) is 4.59. The molecule has 0 N–H and O–H groups in total. The summed E-state index contributed by atoms with van der Waals surface area (Å²) in [7, 11) is 1.93. The van der Waals surface area contributed by atoms with Crippen molar-refractivity contribution in [3.8, 4) is 0 Å². The van der Waals surface area contributed by atoms with Crippen LogP contribution in [-0.2, 0) is 21.9 Å². The van der Waals surface area contributed by atoms with Crippen molar-refractivity contribution >= 4 is 19.7 Å². The maximum atomic E-state index is 11.0. The average Bonchev–Trinajstić information content (AvgIpc) is 2.14. The van der Waals surface area contributed by atoms with Gasteiger partial charge in [0.1, 0.15) is 0 Å². The van der Waals surface area contributed by atoms with Gasteiger partial charge in [-0.1, -0.05) is 23.8 Å². The van der Waals surface area contributed by atoms with E-state index in [1.54, 1.807) is 0 Å². The Bertz CT molecular complexity index is 494. The zero-order valence-electron chi connectivity index (χ0n) is 9.24. The lowest BCUT2D eigenvalue weighted by Crippen LogP contribution is -2.20. The molecule has 0 bridgehead atoms. The highest BCUT2D eigenvalue weighted by Crippen LogP contribution is 2.27. The van der Waals surface area contributed by atoms with E-state index >= 15 is 0 Å². The van der Waals surface area contributed by atoms with E-state index in [1.165, 1.54) is 16.7 Å². The first-order valence-corrected chi connectivity index (χ1v) is 7.92. The summed E-state index contributed by atoms with van der Waals surface area (Å²) in [5.41, 5.74) is 3.87. The second-order valence-corrected chi connectivity index (χ2v) is 7.41. The van der Waals surface area contributed by atoms with Gasteiger partial charge >= 0.3 is 0 Å². The minimum atomic E-state index is -3.36. The molecule has 0 fully saturated rings. The lowest BCUT2D eigenvalue weighted by molar-refractivity contribution is 0.495. The van der Waals surface area contributed by atoms with Crippen LogP contribution in [0.2, 0.25) is 0 Å². The maximum Gasteiger partial charge on any atom is 0.232 e. The molecule has 88 valence electrons. The molecule has 0 amide bonds. The van der Waals surface area contributed by atoms with Crippen molar-refractivity contribution in [3.05, 3.63) is 34.9 Å². The van der Waals surface area contributed by atoms with Gasteiger partial charge < -0.3 is 0 Å². The molecule has 0 saturated carbocycles. The summed E-state index contributed by atoms with van der Waals surface area (Å²) in [5.74, 6) is 0.277. The van der Waals surface area contributed by atoms with Crippen molar-refractivity contribution in [1.82, 2.24) is 0 Å². The van der Waals surface area contributed by atoms with Crippen molar-refractivity contribution in [2.75, 3.05) is 5.75 Å². The first-order chi connectivity index (χ1) is 7.44. The normalized spacial score (nSPS) is 20.5. The van der Waals surface area contributed by atoms with Gasteiger partial charge in [0.25, 0.3) is 0 Å². The number of benzene rings is 1. The van der Waals surface area contributed by atoms with Gasteiger partial charge in [0.15, 0.2) is 0 Å². The SMILES string of the molecule is Cc1ccc2c(c1)CC(CS(=O)(=O)Cl)CC2. The quantitative estimate of drug-likeness (QED) is 0.765. The fourth-order valence-corrected chi connectivity index (χ4v) is 3.77. The fraction of sp³-hybridized carbons (Fsp3) is 0.500. The van der Waals surface area contributed by atoms with Crippen molar-refractivity contribution in [3.63, 3.8) is 0 Å². The molecule has 0 saturated heterocycles. The number of fused-ring (bicyclic) bond motifs is 1. The maximum absolute atomic E-state index is 11.0. The molecule has 1 aromatic carbocycles. The number of hydrogen-bond acceptors (Lipinski definition) is 2. The first kappa shape index (κ1) is 11.9. The Hall–Kier alpha value is -0.540. The van der Waals surface area contributed by atoms with E-state index in [0.29, 0.717) is 0 Å². The van der Waals surface area contributed by atoms with Gasteiger partial charge in [0.2, 0.25) is 9.05 Å². The van der Waals surface area contributed by atoms with Crippen molar-refractivity contribution in [2.45, 2.75) is 26.2 Å². The third-order valence-corrected chi connectivity index (χ3v) is 4.37. The molecule has 4 heteroatoms. The summed E-state index contributed by atoms with van der Waals surface area (Å²) in [6.45, 7) is 2.06. The molecule has 16 heavy (non-hydrogen) atoms. The molecule has 1 aliphatic carbocycles. The lowest BCUT2D eigenvalue weighted by atomic mass is 9.84. The van der Waals surface area contributed by atoms with Crippen LogP contribution < -0.4 is 0 Å². The Balaban J connectivity index is 2.17. The number of halogens is 1.